The minimum Gasteiger partial charge on any atom is -0.461 e. The van der Waals surface area contributed by atoms with Crippen LogP contribution in [0.4, 0.5) is 4.39 Å². The molecule has 2 rings (SSSR count). The number of carbonyl (C=O) groups excluding carboxylic acids is 1. The first-order valence-electron chi connectivity index (χ1n) is 5.59. The molecule has 0 amide bonds. The highest BCUT2D eigenvalue weighted by molar-refractivity contribution is 5.89. The van der Waals surface area contributed by atoms with Crippen LogP contribution in [0.2, 0.25) is 0 Å². The van der Waals surface area contributed by atoms with Crippen LogP contribution in [-0.2, 0) is 11.8 Å². The molecule has 0 saturated carbocycles. The summed E-state index contributed by atoms with van der Waals surface area (Å²) in [6.45, 7) is 2.02. The Kier molecular flexibility index (Phi) is 3.41. The van der Waals surface area contributed by atoms with E-state index in [1.807, 2.05) is 0 Å². The fraction of sp³-hybridized carbons (Fsp3) is 0.231. The first-order chi connectivity index (χ1) is 8.63. The summed E-state index contributed by atoms with van der Waals surface area (Å²) < 4.78 is 19.9. The third-order valence-electron chi connectivity index (χ3n) is 2.51. The summed E-state index contributed by atoms with van der Waals surface area (Å²) in [5.41, 5.74) is 1.08. The van der Waals surface area contributed by atoms with Crippen molar-refractivity contribution in [3.8, 4) is 11.3 Å². The van der Waals surface area contributed by atoms with Crippen LogP contribution >= 0.6 is 0 Å². The number of aryl methyl sites for hydroxylation is 1. The number of aromatic nitrogens is 2. The molecule has 18 heavy (non-hydrogen) atoms. The molecule has 0 unspecified atom stereocenters. The maximum absolute atomic E-state index is 13.6. The molecule has 0 fully saturated rings. The van der Waals surface area contributed by atoms with E-state index >= 15 is 0 Å². The highest BCUT2D eigenvalue weighted by Gasteiger charge is 2.16. The molecule has 94 valence electrons. The molecule has 5 heteroatoms. The van der Waals surface area contributed by atoms with Crippen LogP contribution in [0.25, 0.3) is 11.3 Å². The van der Waals surface area contributed by atoms with E-state index in [1.165, 1.54) is 16.8 Å². The number of halogens is 1. The molecule has 0 bridgehead atoms. The maximum atomic E-state index is 13.6. The molecule has 1 aromatic carbocycles. The summed E-state index contributed by atoms with van der Waals surface area (Å²) in [5, 5.41) is 4.12. The van der Waals surface area contributed by atoms with E-state index in [4.69, 9.17) is 4.74 Å². The van der Waals surface area contributed by atoms with Gasteiger partial charge in [-0.25, -0.2) is 9.18 Å². The van der Waals surface area contributed by atoms with Gasteiger partial charge in [0.2, 0.25) is 0 Å². The predicted molar refractivity (Wildman–Crippen MR) is 64.6 cm³/mol. The average molecular weight is 248 g/mol. The van der Waals surface area contributed by atoms with Crippen molar-refractivity contribution in [1.82, 2.24) is 9.78 Å². The van der Waals surface area contributed by atoms with E-state index in [2.05, 4.69) is 5.10 Å². The highest BCUT2D eigenvalue weighted by atomic mass is 19.1. The molecule has 2 aromatic rings. The van der Waals surface area contributed by atoms with Gasteiger partial charge in [-0.3, -0.25) is 4.68 Å². The molecule has 4 nitrogen and oxygen atoms in total. The Bertz CT molecular complexity index is 578. The van der Waals surface area contributed by atoms with Gasteiger partial charge in [-0.05, 0) is 25.1 Å². The van der Waals surface area contributed by atoms with Crippen molar-refractivity contribution in [3.05, 3.63) is 41.8 Å². The monoisotopic (exact) mass is 248 g/mol. The minimum absolute atomic E-state index is 0.291. The lowest BCUT2D eigenvalue weighted by molar-refractivity contribution is 0.0513. The van der Waals surface area contributed by atoms with Gasteiger partial charge in [0.15, 0.2) is 0 Å². The van der Waals surface area contributed by atoms with Crippen molar-refractivity contribution >= 4 is 5.97 Å². The van der Waals surface area contributed by atoms with Crippen LogP contribution in [0.1, 0.15) is 17.4 Å². The summed E-state index contributed by atoms with van der Waals surface area (Å²) in [6.07, 6.45) is 0. The summed E-state index contributed by atoms with van der Waals surface area (Å²) in [6, 6.07) is 7.82. The molecule has 0 saturated heterocycles. The average Bonchev–Trinajstić information content (AvgIpc) is 2.72. The zero-order chi connectivity index (χ0) is 13.1. The maximum Gasteiger partial charge on any atom is 0.356 e. The van der Waals surface area contributed by atoms with E-state index in [-0.39, 0.29) is 5.82 Å². The Morgan fingerprint density at radius 2 is 2.17 bits per heavy atom. The SMILES string of the molecule is CCOC(=O)c1cc(-c2ccccc2F)nn1C. The third kappa shape index (κ3) is 2.25. The van der Waals surface area contributed by atoms with Crippen molar-refractivity contribution in [3.63, 3.8) is 0 Å². The summed E-state index contributed by atoms with van der Waals surface area (Å²) in [5.74, 6) is -0.832. The van der Waals surface area contributed by atoms with Crippen LogP contribution in [0.3, 0.4) is 0 Å². The number of ether oxygens (including phenoxy) is 1. The predicted octanol–water partition coefficient (Wildman–Crippen LogP) is 2.40. The molecule has 1 heterocycles. The number of benzene rings is 1. The fourth-order valence-corrected chi connectivity index (χ4v) is 1.66. The normalized spacial score (nSPS) is 10.4. The standard InChI is InChI=1S/C13H13FN2O2/c1-3-18-13(17)12-8-11(15-16(12)2)9-6-4-5-7-10(9)14/h4-8H,3H2,1-2H3. The number of esters is 1. The number of rotatable bonds is 3. The number of nitrogens with zero attached hydrogens (tertiary/aromatic N) is 2. The Labute approximate surface area is 104 Å². The molecule has 0 spiro atoms. The Balaban J connectivity index is 2.41. The molecule has 1 aromatic heterocycles. The van der Waals surface area contributed by atoms with Crippen LogP contribution in [0, 0.1) is 5.82 Å². The van der Waals surface area contributed by atoms with Crippen molar-refractivity contribution in [2.24, 2.45) is 7.05 Å². The second-order valence-corrected chi connectivity index (χ2v) is 3.74. The van der Waals surface area contributed by atoms with Gasteiger partial charge < -0.3 is 4.74 Å². The Hall–Kier alpha value is -2.17. The van der Waals surface area contributed by atoms with E-state index in [0.29, 0.717) is 23.6 Å². The lowest BCUT2D eigenvalue weighted by Gasteiger charge is -1.99. The van der Waals surface area contributed by atoms with Crippen LogP contribution in [0.15, 0.2) is 30.3 Å². The molecule has 0 radical (unpaired) electrons. The van der Waals surface area contributed by atoms with E-state index < -0.39 is 5.97 Å². The van der Waals surface area contributed by atoms with Crippen molar-refractivity contribution in [2.75, 3.05) is 6.61 Å². The van der Waals surface area contributed by atoms with Crippen molar-refractivity contribution in [1.29, 1.82) is 0 Å². The zero-order valence-electron chi connectivity index (χ0n) is 10.2. The number of hydrogen-bond donors (Lipinski definition) is 0. The van der Waals surface area contributed by atoms with E-state index in [9.17, 15) is 9.18 Å². The fourth-order valence-electron chi connectivity index (χ4n) is 1.66. The molecule has 0 aliphatic rings. The first-order valence-corrected chi connectivity index (χ1v) is 5.59. The van der Waals surface area contributed by atoms with Crippen molar-refractivity contribution < 1.29 is 13.9 Å². The third-order valence-corrected chi connectivity index (χ3v) is 2.51. The molecule has 0 atom stereocenters. The van der Waals surface area contributed by atoms with Crippen LogP contribution < -0.4 is 0 Å². The Morgan fingerprint density at radius 3 is 2.83 bits per heavy atom. The molecular weight excluding hydrogens is 235 g/mol. The van der Waals surface area contributed by atoms with Gasteiger partial charge >= 0.3 is 5.97 Å². The quantitative estimate of drug-likeness (QED) is 0.783. The first kappa shape index (κ1) is 12.3. The van der Waals surface area contributed by atoms with E-state index in [0.717, 1.165) is 0 Å². The van der Waals surface area contributed by atoms with Gasteiger partial charge in [0.1, 0.15) is 11.5 Å². The molecule has 0 N–H and O–H groups in total. The Morgan fingerprint density at radius 1 is 1.44 bits per heavy atom. The van der Waals surface area contributed by atoms with Gasteiger partial charge in [0, 0.05) is 12.6 Å². The van der Waals surface area contributed by atoms with Crippen LogP contribution in [-0.4, -0.2) is 22.4 Å². The van der Waals surface area contributed by atoms with Gasteiger partial charge in [0.05, 0.1) is 12.3 Å². The summed E-state index contributed by atoms with van der Waals surface area (Å²) in [4.78, 5) is 11.6. The molecule has 0 aliphatic carbocycles. The second-order valence-electron chi connectivity index (χ2n) is 3.74. The highest BCUT2D eigenvalue weighted by Crippen LogP contribution is 2.22. The number of hydrogen-bond acceptors (Lipinski definition) is 3. The van der Waals surface area contributed by atoms with Gasteiger partial charge in [-0.2, -0.15) is 5.10 Å². The molecular formula is C13H13FN2O2. The van der Waals surface area contributed by atoms with Crippen molar-refractivity contribution in [2.45, 2.75) is 6.92 Å². The van der Waals surface area contributed by atoms with Gasteiger partial charge in [-0.15, -0.1) is 0 Å². The largest absolute Gasteiger partial charge is 0.461 e. The smallest absolute Gasteiger partial charge is 0.356 e. The summed E-state index contributed by atoms with van der Waals surface area (Å²) >= 11 is 0. The summed E-state index contributed by atoms with van der Waals surface area (Å²) in [7, 11) is 1.62. The van der Waals surface area contributed by atoms with E-state index in [1.54, 1.807) is 32.2 Å². The van der Waals surface area contributed by atoms with Crippen LogP contribution in [0.5, 0.6) is 0 Å². The number of carbonyl (C=O) groups is 1. The lowest BCUT2D eigenvalue weighted by Crippen LogP contribution is -2.10. The van der Waals surface area contributed by atoms with Gasteiger partial charge in [-0.1, -0.05) is 12.1 Å². The topological polar surface area (TPSA) is 44.1 Å². The van der Waals surface area contributed by atoms with Gasteiger partial charge in [0.25, 0.3) is 0 Å². The molecule has 0 aliphatic heterocycles. The lowest BCUT2D eigenvalue weighted by atomic mass is 10.1. The zero-order valence-corrected chi connectivity index (χ0v) is 10.2. The second kappa shape index (κ2) is 5.00. The minimum atomic E-state index is -0.463.